The molecule has 1 N–H and O–H groups in total. The Balaban J connectivity index is 0. The fraction of sp³-hybridized carbons (Fsp3) is 0.214. The molecule has 0 heterocycles. The molecule has 0 aliphatic rings. The number of carboxylic acids is 2. The molecule has 0 bridgehead atoms. The van der Waals surface area contributed by atoms with E-state index in [1.165, 1.54) is 13.2 Å². The molecule has 1 amide bonds. The predicted octanol–water partition coefficient (Wildman–Crippen LogP) is -7.91. The van der Waals surface area contributed by atoms with E-state index in [2.05, 4.69) is 0 Å². The monoisotopic (exact) mass is 337 g/mol. The molecular formula is C14H13NNa2O6. The number of hydrogen-bond donors (Lipinski definition) is 1. The minimum absolute atomic E-state index is 0. The van der Waals surface area contributed by atoms with E-state index in [0.717, 1.165) is 6.08 Å². The summed E-state index contributed by atoms with van der Waals surface area (Å²) in [6, 6.07) is 5.14. The topological polar surface area (TPSA) is 119 Å². The van der Waals surface area contributed by atoms with Gasteiger partial charge in [0, 0.05) is 18.5 Å². The van der Waals surface area contributed by atoms with E-state index in [9.17, 15) is 24.6 Å². The Labute approximate surface area is 177 Å². The van der Waals surface area contributed by atoms with Gasteiger partial charge < -0.3 is 29.9 Å². The van der Waals surface area contributed by atoms with Crippen LogP contribution in [0.2, 0.25) is 0 Å². The maximum absolute atomic E-state index is 11.5. The molecule has 1 rings (SSSR count). The van der Waals surface area contributed by atoms with Gasteiger partial charge in [0.1, 0.15) is 5.75 Å². The van der Waals surface area contributed by atoms with Crippen molar-refractivity contribution in [3.63, 3.8) is 0 Å². The average Bonchev–Trinajstić information content (AvgIpc) is 2.44. The number of ether oxygens (including phenoxy) is 1. The molecule has 0 aromatic heterocycles. The number of nitrogens with one attached hydrogen (secondary N) is 1. The van der Waals surface area contributed by atoms with Crippen LogP contribution in [0.15, 0.2) is 30.3 Å². The van der Waals surface area contributed by atoms with Crippen molar-refractivity contribution in [1.82, 2.24) is 5.32 Å². The first-order valence-electron chi connectivity index (χ1n) is 5.95. The van der Waals surface area contributed by atoms with Gasteiger partial charge in [-0.15, -0.1) is 0 Å². The first kappa shape index (κ1) is 24.4. The second-order valence-electron chi connectivity index (χ2n) is 4.06. The van der Waals surface area contributed by atoms with Crippen molar-refractivity contribution in [2.24, 2.45) is 0 Å². The largest absolute Gasteiger partial charge is 1.00 e. The molecule has 0 fully saturated rings. The van der Waals surface area contributed by atoms with Gasteiger partial charge in [0.15, 0.2) is 0 Å². The van der Waals surface area contributed by atoms with Crippen LogP contribution in [0, 0.1) is 0 Å². The molecule has 9 heteroatoms. The Morgan fingerprint density at radius 2 is 1.74 bits per heavy atom. The summed E-state index contributed by atoms with van der Waals surface area (Å²) in [5.74, 6) is -3.38. The number of benzene rings is 1. The van der Waals surface area contributed by atoms with E-state index >= 15 is 0 Å². The molecule has 0 aliphatic heterocycles. The van der Waals surface area contributed by atoms with Gasteiger partial charge in [0.05, 0.1) is 19.1 Å². The molecule has 0 spiro atoms. The summed E-state index contributed by atoms with van der Waals surface area (Å²) in [7, 11) is 1.52. The van der Waals surface area contributed by atoms with Crippen molar-refractivity contribution in [3.05, 3.63) is 35.9 Å². The number of aliphatic carboxylic acids is 2. The maximum atomic E-state index is 11.5. The van der Waals surface area contributed by atoms with Crippen LogP contribution in [-0.2, 0) is 14.4 Å². The van der Waals surface area contributed by atoms with Crippen LogP contribution in [0.5, 0.6) is 5.75 Å². The van der Waals surface area contributed by atoms with Crippen LogP contribution in [0.4, 0.5) is 0 Å². The van der Waals surface area contributed by atoms with Gasteiger partial charge >= 0.3 is 59.1 Å². The molecule has 23 heavy (non-hydrogen) atoms. The van der Waals surface area contributed by atoms with Gasteiger partial charge in [-0.3, -0.25) is 4.79 Å². The summed E-state index contributed by atoms with van der Waals surface area (Å²) < 4.78 is 4.97. The summed E-state index contributed by atoms with van der Waals surface area (Å²) >= 11 is 0. The standard InChI is InChI=1S/C14H15NO6.2Na/c1-21-10-5-2-9(3-6-10)4-7-12(16)15-11(14(19)20)8-13(17)18;;/h2-7,11H,8H2,1H3,(H,15,16)(H,17,18)(H,19,20);;/q;2*+1/p-2/t11-;;/m0../s1. The maximum Gasteiger partial charge on any atom is 1.00 e. The van der Waals surface area contributed by atoms with Crippen LogP contribution in [0.25, 0.3) is 6.08 Å². The predicted molar refractivity (Wildman–Crippen MR) is 68.6 cm³/mol. The van der Waals surface area contributed by atoms with Gasteiger partial charge in [-0.05, 0) is 23.8 Å². The van der Waals surface area contributed by atoms with E-state index < -0.39 is 30.3 Å². The number of carbonyl (C=O) groups excluding carboxylic acids is 3. The van der Waals surface area contributed by atoms with Crippen LogP contribution < -0.4 is 79.4 Å². The Kier molecular flexibility index (Phi) is 13.4. The first-order chi connectivity index (χ1) is 9.92. The van der Waals surface area contributed by atoms with Crippen molar-refractivity contribution in [2.45, 2.75) is 12.5 Å². The fourth-order valence-corrected chi connectivity index (χ4v) is 1.47. The molecule has 0 saturated heterocycles. The van der Waals surface area contributed by atoms with Crippen LogP contribution >= 0.6 is 0 Å². The number of carbonyl (C=O) groups is 3. The molecule has 0 radical (unpaired) electrons. The Morgan fingerprint density at radius 1 is 1.17 bits per heavy atom. The van der Waals surface area contributed by atoms with E-state index in [0.29, 0.717) is 11.3 Å². The van der Waals surface area contributed by atoms with Crippen molar-refractivity contribution >= 4 is 23.9 Å². The Bertz CT molecular complexity index is 559. The Morgan fingerprint density at radius 3 is 2.17 bits per heavy atom. The van der Waals surface area contributed by atoms with Crippen molar-refractivity contribution in [1.29, 1.82) is 0 Å². The SMILES string of the molecule is COc1ccc(C=CC(=O)N[C@@H](CC(=O)[O-])C(=O)[O-])cc1.[Na+].[Na+]. The number of rotatable bonds is 7. The smallest absolute Gasteiger partial charge is 0.550 e. The zero-order chi connectivity index (χ0) is 15.8. The van der Waals surface area contributed by atoms with E-state index in [-0.39, 0.29) is 59.1 Å². The second-order valence-corrected chi connectivity index (χ2v) is 4.06. The van der Waals surface area contributed by atoms with E-state index in [1.54, 1.807) is 24.3 Å². The molecule has 1 aromatic rings. The van der Waals surface area contributed by atoms with Crippen molar-refractivity contribution < 1.29 is 88.4 Å². The number of methoxy groups -OCH3 is 1. The summed E-state index contributed by atoms with van der Waals surface area (Å²) in [6.07, 6.45) is 1.68. The van der Waals surface area contributed by atoms with Crippen LogP contribution in [0.1, 0.15) is 12.0 Å². The molecule has 112 valence electrons. The minimum Gasteiger partial charge on any atom is -0.550 e. The third-order valence-electron chi connectivity index (χ3n) is 2.51. The van der Waals surface area contributed by atoms with Crippen LogP contribution in [-0.4, -0.2) is 31.0 Å². The normalized spacial score (nSPS) is 10.8. The molecule has 0 aliphatic carbocycles. The quantitative estimate of drug-likeness (QED) is 0.390. The fourth-order valence-electron chi connectivity index (χ4n) is 1.47. The molecule has 0 unspecified atom stereocenters. The molecule has 1 atom stereocenters. The van der Waals surface area contributed by atoms with E-state index in [4.69, 9.17) is 4.74 Å². The summed E-state index contributed by atoms with van der Waals surface area (Å²) in [6.45, 7) is 0. The number of carboxylic acid groups (broad SMARTS) is 2. The van der Waals surface area contributed by atoms with Crippen molar-refractivity contribution in [3.8, 4) is 5.75 Å². The number of amides is 1. The third kappa shape index (κ3) is 9.80. The van der Waals surface area contributed by atoms with Crippen LogP contribution in [0.3, 0.4) is 0 Å². The molecular weight excluding hydrogens is 324 g/mol. The summed E-state index contributed by atoms with van der Waals surface area (Å²) in [5.41, 5.74) is 0.691. The summed E-state index contributed by atoms with van der Waals surface area (Å²) in [4.78, 5) is 32.5. The second kappa shape index (κ2) is 12.6. The molecule has 0 saturated carbocycles. The third-order valence-corrected chi connectivity index (χ3v) is 2.51. The summed E-state index contributed by atoms with van der Waals surface area (Å²) in [5, 5.41) is 23.0. The average molecular weight is 337 g/mol. The molecule has 7 nitrogen and oxygen atoms in total. The van der Waals surface area contributed by atoms with Gasteiger partial charge in [0.25, 0.3) is 0 Å². The van der Waals surface area contributed by atoms with Gasteiger partial charge in [-0.25, -0.2) is 0 Å². The van der Waals surface area contributed by atoms with Gasteiger partial charge in [-0.2, -0.15) is 0 Å². The van der Waals surface area contributed by atoms with Gasteiger partial charge in [0.2, 0.25) is 5.91 Å². The molecule has 1 aromatic carbocycles. The van der Waals surface area contributed by atoms with E-state index in [1.807, 2.05) is 5.32 Å². The first-order valence-corrected chi connectivity index (χ1v) is 5.95. The zero-order valence-corrected chi connectivity index (χ0v) is 17.2. The van der Waals surface area contributed by atoms with Crippen molar-refractivity contribution in [2.75, 3.05) is 7.11 Å². The Hall–Kier alpha value is -0.830. The zero-order valence-electron chi connectivity index (χ0n) is 13.2. The van der Waals surface area contributed by atoms with Gasteiger partial charge in [-0.1, -0.05) is 12.1 Å². The minimum atomic E-state index is -1.69. The number of hydrogen-bond acceptors (Lipinski definition) is 6.